The average Bonchev–Trinajstić information content (AvgIpc) is 2.54. The van der Waals surface area contributed by atoms with E-state index in [1.54, 1.807) is 36.3 Å². The van der Waals surface area contributed by atoms with E-state index in [0.717, 1.165) is 0 Å². The van der Waals surface area contributed by atoms with Gasteiger partial charge in [-0.05, 0) is 45.0 Å². The number of benzene rings is 1. The van der Waals surface area contributed by atoms with Gasteiger partial charge < -0.3 is 25.0 Å². The summed E-state index contributed by atoms with van der Waals surface area (Å²) in [6, 6.07) is 6.69. The highest BCUT2D eigenvalue weighted by atomic mass is 16.5. The van der Waals surface area contributed by atoms with Gasteiger partial charge in [-0.1, -0.05) is 0 Å². The third-order valence-electron chi connectivity index (χ3n) is 3.78. The molecule has 2 atom stereocenters. The number of rotatable bonds is 5. The van der Waals surface area contributed by atoms with Crippen molar-refractivity contribution in [3.63, 3.8) is 0 Å². The molecule has 1 fully saturated rings. The molecule has 0 spiro atoms. The van der Waals surface area contributed by atoms with Crippen molar-refractivity contribution < 1.29 is 19.1 Å². The quantitative estimate of drug-likeness (QED) is 0.853. The Morgan fingerprint density at radius 1 is 1.28 bits per heavy atom. The molecule has 1 heterocycles. The summed E-state index contributed by atoms with van der Waals surface area (Å²) in [7, 11) is 1.62. The molecule has 25 heavy (non-hydrogen) atoms. The SMILES string of the molecule is COC[C@H]1CN(C(=O)c2ccc(NC(=O)NC(C)C)cc2)C[C@@H](C)O1. The van der Waals surface area contributed by atoms with Crippen LogP contribution in [-0.2, 0) is 9.47 Å². The summed E-state index contributed by atoms with van der Waals surface area (Å²) in [6.07, 6.45) is -0.142. The molecule has 2 N–H and O–H groups in total. The number of ether oxygens (including phenoxy) is 2. The van der Waals surface area contributed by atoms with Gasteiger partial charge in [0.15, 0.2) is 0 Å². The first-order valence-corrected chi connectivity index (χ1v) is 8.50. The van der Waals surface area contributed by atoms with Crippen LogP contribution in [0.15, 0.2) is 24.3 Å². The lowest BCUT2D eigenvalue weighted by Gasteiger charge is -2.36. The van der Waals surface area contributed by atoms with Gasteiger partial charge in [0.05, 0.1) is 18.8 Å². The molecule has 1 aromatic rings. The predicted octanol–water partition coefficient (Wildman–Crippen LogP) is 2.09. The summed E-state index contributed by atoms with van der Waals surface area (Å²) in [5.41, 5.74) is 1.22. The average molecular weight is 349 g/mol. The first-order valence-electron chi connectivity index (χ1n) is 8.50. The molecule has 0 radical (unpaired) electrons. The number of nitrogens with one attached hydrogen (secondary N) is 2. The second-order valence-electron chi connectivity index (χ2n) is 6.56. The molecule has 0 unspecified atom stereocenters. The van der Waals surface area contributed by atoms with E-state index in [9.17, 15) is 9.59 Å². The third-order valence-corrected chi connectivity index (χ3v) is 3.78. The Morgan fingerprint density at radius 2 is 1.96 bits per heavy atom. The maximum atomic E-state index is 12.7. The number of urea groups is 1. The lowest BCUT2D eigenvalue weighted by molar-refractivity contribution is -0.0918. The minimum atomic E-state index is -0.265. The fraction of sp³-hybridized carbons (Fsp3) is 0.556. The molecule has 138 valence electrons. The maximum absolute atomic E-state index is 12.7. The normalized spacial score (nSPS) is 20.4. The Bertz CT molecular complexity index is 588. The molecule has 2 rings (SSSR count). The van der Waals surface area contributed by atoms with E-state index >= 15 is 0 Å². The molecule has 3 amide bonds. The van der Waals surface area contributed by atoms with E-state index in [4.69, 9.17) is 9.47 Å². The Morgan fingerprint density at radius 3 is 2.56 bits per heavy atom. The van der Waals surface area contributed by atoms with Gasteiger partial charge in [-0.2, -0.15) is 0 Å². The zero-order chi connectivity index (χ0) is 18.4. The highest BCUT2D eigenvalue weighted by Gasteiger charge is 2.28. The molecule has 1 aliphatic heterocycles. The molecule has 1 aliphatic rings. The number of carbonyl (C=O) groups excluding carboxylic acids is 2. The molecule has 0 saturated carbocycles. The summed E-state index contributed by atoms with van der Waals surface area (Å²) < 4.78 is 10.9. The van der Waals surface area contributed by atoms with Gasteiger partial charge in [0, 0.05) is 37.5 Å². The van der Waals surface area contributed by atoms with Crippen LogP contribution in [0.2, 0.25) is 0 Å². The van der Waals surface area contributed by atoms with E-state index in [2.05, 4.69) is 10.6 Å². The van der Waals surface area contributed by atoms with Gasteiger partial charge in [0.25, 0.3) is 5.91 Å². The second kappa shape index (κ2) is 8.82. The molecule has 0 aromatic heterocycles. The molecule has 7 nitrogen and oxygen atoms in total. The third kappa shape index (κ3) is 5.72. The lowest BCUT2D eigenvalue weighted by Crippen LogP contribution is -2.50. The van der Waals surface area contributed by atoms with Gasteiger partial charge in [-0.3, -0.25) is 4.79 Å². The van der Waals surface area contributed by atoms with Crippen LogP contribution in [0.4, 0.5) is 10.5 Å². The molecular weight excluding hydrogens is 322 g/mol. The summed E-state index contributed by atoms with van der Waals surface area (Å²) in [4.78, 5) is 26.2. The summed E-state index contributed by atoms with van der Waals surface area (Å²) in [6.45, 7) is 7.25. The van der Waals surface area contributed by atoms with E-state index in [1.807, 2.05) is 20.8 Å². The van der Waals surface area contributed by atoms with Crippen LogP contribution in [0.1, 0.15) is 31.1 Å². The topological polar surface area (TPSA) is 79.9 Å². The van der Waals surface area contributed by atoms with Crippen molar-refractivity contribution in [1.29, 1.82) is 0 Å². The zero-order valence-corrected chi connectivity index (χ0v) is 15.2. The summed E-state index contributed by atoms with van der Waals surface area (Å²) in [5, 5.41) is 5.49. The van der Waals surface area contributed by atoms with E-state index in [0.29, 0.717) is 30.9 Å². The number of morpholine rings is 1. The fourth-order valence-electron chi connectivity index (χ4n) is 2.80. The number of anilines is 1. The van der Waals surface area contributed by atoms with Crippen LogP contribution in [0.3, 0.4) is 0 Å². The highest BCUT2D eigenvalue weighted by Crippen LogP contribution is 2.16. The smallest absolute Gasteiger partial charge is 0.319 e. The summed E-state index contributed by atoms with van der Waals surface area (Å²) in [5.74, 6) is -0.0468. The zero-order valence-electron chi connectivity index (χ0n) is 15.2. The Kier molecular flexibility index (Phi) is 6.78. The lowest BCUT2D eigenvalue weighted by atomic mass is 10.1. The molecule has 0 aliphatic carbocycles. The van der Waals surface area contributed by atoms with Crippen molar-refractivity contribution in [2.24, 2.45) is 0 Å². The van der Waals surface area contributed by atoms with Gasteiger partial charge in [-0.25, -0.2) is 4.79 Å². The van der Waals surface area contributed by atoms with Crippen molar-refractivity contribution >= 4 is 17.6 Å². The van der Waals surface area contributed by atoms with Crippen LogP contribution in [0.5, 0.6) is 0 Å². The summed E-state index contributed by atoms with van der Waals surface area (Å²) >= 11 is 0. The van der Waals surface area contributed by atoms with Crippen molar-refractivity contribution in [1.82, 2.24) is 10.2 Å². The van der Waals surface area contributed by atoms with Crippen molar-refractivity contribution in [2.75, 3.05) is 32.1 Å². The monoisotopic (exact) mass is 349 g/mol. The number of methoxy groups -OCH3 is 1. The minimum absolute atomic E-state index is 0.0291. The predicted molar refractivity (Wildman–Crippen MR) is 95.8 cm³/mol. The Labute approximate surface area is 148 Å². The Balaban J connectivity index is 1.98. The molecular formula is C18H27N3O4. The van der Waals surface area contributed by atoms with Gasteiger partial charge in [0.1, 0.15) is 0 Å². The van der Waals surface area contributed by atoms with Crippen molar-refractivity contribution in [3.8, 4) is 0 Å². The number of nitrogens with zero attached hydrogens (tertiary/aromatic N) is 1. The van der Waals surface area contributed by atoms with Gasteiger partial charge in [0.2, 0.25) is 0 Å². The maximum Gasteiger partial charge on any atom is 0.319 e. The standard InChI is InChI=1S/C18H27N3O4/c1-12(2)19-18(23)20-15-7-5-14(6-8-15)17(22)21-9-13(3)25-16(10-21)11-24-4/h5-8,12-13,16H,9-11H2,1-4H3,(H2,19,20,23)/t13-,16-/m1/s1. The first kappa shape index (κ1) is 19.2. The van der Waals surface area contributed by atoms with Crippen LogP contribution < -0.4 is 10.6 Å². The van der Waals surface area contributed by atoms with Crippen LogP contribution in [0, 0.1) is 0 Å². The fourth-order valence-corrected chi connectivity index (χ4v) is 2.80. The molecule has 7 heteroatoms. The number of carbonyl (C=O) groups is 2. The van der Waals surface area contributed by atoms with Gasteiger partial charge in [-0.15, -0.1) is 0 Å². The molecule has 1 aromatic carbocycles. The molecule has 1 saturated heterocycles. The van der Waals surface area contributed by atoms with Gasteiger partial charge >= 0.3 is 6.03 Å². The Hall–Kier alpha value is -2.12. The minimum Gasteiger partial charge on any atom is -0.382 e. The largest absolute Gasteiger partial charge is 0.382 e. The molecule has 0 bridgehead atoms. The second-order valence-corrected chi connectivity index (χ2v) is 6.56. The highest BCUT2D eigenvalue weighted by molar-refractivity contribution is 5.95. The first-order chi connectivity index (χ1) is 11.9. The van der Waals surface area contributed by atoms with E-state index < -0.39 is 0 Å². The number of hydrogen-bond acceptors (Lipinski definition) is 4. The number of amides is 3. The van der Waals surface area contributed by atoms with E-state index in [-0.39, 0.29) is 30.2 Å². The van der Waals surface area contributed by atoms with Crippen LogP contribution in [-0.4, -0.2) is 61.9 Å². The van der Waals surface area contributed by atoms with Crippen LogP contribution >= 0.6 is 0 Å². The number of hydrogen-bond donors (Lipinski definition) is 2. The van der Waals surface area contributed by atoms with E-state index in [1.165, 1.54) is 0 Å². The van der Waals surface area contributed by atoms with Crippen molar-refractivity contribution in [3.05, 3.63) is 29.8 Å². The van der Waals surface area contributed by atoms with Crippen LogP contribution in [0.25, 0.3) is 0 Å². The van der Waals surface area contributed by atoms with Crippen molar-refractivity contribution in [2.45, 2.75) is 39.0 Å².